The Morgan fingerprint density at radius 1 is 1.35 bits per heavy atom. The highest BCUT2D eigenvalue weighted by molar-refractivity contribution is 7.88. The molecule has 0 radical (unpaired) electrons. The Balaban J connectivity index is 2.09. The van der Waals surface area contributed by atoms with E-state index in [4.69, 9.17) is 10.3 Å². The van der Waals surface area contributed by atoms with Gasteiger partial charge in [0.2, 0.25) is 10.0 Å². The molecule has 0 aliphatic rings. The van der Waals surface area contributed by atoms with Crippen molar-refractivity contribution in [2.24, 2.45) is 0 Å². The fourth-order valence-electron chi connectivity index (χ4n) is 1.83. The van der Waals surface area contributed by atoms with Gasteiger partial charge in [0, 0.05) is 25.3 Å². The Morgan fingerprint density at radius 2 is 2.10 bits per heavy atom. The lowest BCUT2D eigenvalue weighted by Gasteiger charge is -2.16. The first-order chi connectivity index (χ1) is 9.37. The summed E-state index contributed by atoms with van der Waals surface area (Å²) in [4.78, 5) is 0. The lowest BCUT2D eigenvalue weighted by Crippen LogP contribution is -2.27. The predicted octanol–water partition coefficient (Wildman–Crippen LogP) is 1.53. The predicted molar refractivity (Wildman–Crippen MR) is 76.2 cm³/mol. The van der Waals surface area contributed by atoms with E-state index in [1.54, 1.807) is 31.2 Å². The number of nitrogen functional groups attached to an aromatic ring is 1. The van der Waals surface area contributed by atoms with Crippen LogP contribution in [0.4, 0.5) is 5.69 Å². The average molecular weight is 295 g/mol. The number of aromatic nitrogens is 1. The summed E-state index contributed by atoms with van der Waals surface area (Å²) >= 11 is 0. The van der Waals surface area contributed by atoms with E-state index in [2.05, 4.69) is 5.16 Å². The molecule has 0 saturated heterocycles. The second kappa shape index (κ2) is 5.64. The Hall–Kier alpha value is -1.86. The van der Waals surface area contributed by atoms with Crippen molar-refractivity contribution < 1.29 is 12.9 Å². The topological polar surface area (TPSA) is 89.4 Å². The highest BCUT2D eigenvalue weighted by atomic mass is 32.2. The minimum Gasteiger partial charge on any atom is -0.399 e. The number of anilines is 1. The number of hydrogen-bond acceptors (Lipinski definition) is 5. The molecular formula is C13H17N3O3S. The number of rotatable bonds is 5. The maximum Gasteiger partial charge on any atom is 0.220 e. The third kappa shape index (κ3) is 3.58. The zero-order chi connectivity index (χ0) is 14.8. The normalized spacial score (nSPS) is 11.9. The first-order valence-electron chi connectivity index (χ1n) is 6.07. The van der Waals surface area contributed by atoms with Gasteiger partial charge in [-0.25, -0.2) is 12.7 Å². The van der Waals surface area contributed by atoms with Crippen LogP contribution in [-0.2, 0) is 22.3 Å². The van der Waals surface area contributed by atoms with E-state index in [0.717, 1.165) is 5.56 Å². The van der Waals surface area contributed by atoms with Crippen LogP contribution in [0.2, 0.25) is 0 Å². The molecule has 0 amide bonds. The van der Waals surface area contributed by atoms with Crippen LogP contribution in [0, 0.1) is 6.92 Å². The molecule has 2 aromatic rings. The van der Waals surface area contributed by atoms with Crippen LogP contribution in [0.25, 0.3) is 0 Å². The summed E-state index contributed by atoms with van der Waals surface area (Å²) < 4.78 is 30.6. The van der Waals surface area contributed by atoms with E-state index in [0.29, 0.717) is 17.1 Å². The molecule has 2 rings (SSSR count). The summed E-state index contributed by atoms with van der Waals surface area (Å²) in [7, 11) is -1.91. The zero-order valence-corrected chi connectivity index (χ0v) is 12.2. The van der Waals surface area contributed by atoms with E-state index in [1.807, 2.05) is 6.07 Å². The van der Waals surface area contributed by atoms with Gasteiger partial charge in [0.05, 0.1) is 0 Å². The van der Waals surface area contributed by atoms with Gasteiger partial charge in [-0.05, 0) is 24.6 Å². The molecule has 0 fully saturated rings. The fourth-order valence-corrected chi connectivity index (χ4v) is 2.91. The molecule has 0 aliphatic heterocycles. The van der Waals surface area contributed by atoms with Gasteiger partial charge in [-0.15, -0.1) is 0 Å². The molecular weight excluding hydrogens is 278 g/mol. The smallest absolute Gasteiger partial charge is 0.220 e. The van der Waals surface area contributed by atoms with Gasteiger partial charge in [0.1, 0.15) is 17.2 Å². The molecule has 108 valence electrons. The Kier molecular flexibility index (Phi) is 4.10. The molecule has 0 spiro atoms. The average Bonchev–Trinajstić information content (AvgIpc) is 2.74. The van der Waals surface area contributed by atoms with Crippen molar-refractivity contribution in [1.29, 1.82) is 0 Å². The van der Waals surface area contributed by atoms with Gasteiger partial charge in [-0.3, -0.25) is 0 Å². The Labute approximate surface area is 118 Å². The van der Waals surface area contributed by atoms with Gasteiger partial charge in [-0.1, -0.05) is 17.3 Å². The Bertz CT molecular complexity index is 694. The van der Waals surface area contributed by atoms with Gasteiger partial charge in [0.25, 0.3) is 0 Å². The minimum atomic E-state index is -3.44. The molecule has 0 saturated carbocycles. The van der Waals surface area contributed by atoms with Crippen LogP contribution in [0.5, 0.6) is 0 Å². The van der Waals surface area contributed by atoms with Gasteiger partial charge >= 0.3 is 0 Å². The van der Waals surface area contributed by atoms with Crippen LogP contribution in [0.1, 0.15) is 17.0 Å². The van der Waals surface area contributed by atoms with Crippen LogP contribution in [0.15, 0.2) is 34.9 Å². The molecule has 1 aromatic carbocycles. The lowest BCUT2D eigenvalue weighted by atomic mass is 10.2. The molecule has 0 aliphatic carbocycles. The molecule has 0 atom stereocenters. The van der Waals surface area contributed by atoms with Crippen LogP contribution in [0.3, 0.4) is 0 Å². The SMILES string of the molecule is Cc1cc(CS(=O)(=O)N(C)Cc2cccc(N)c2)no1. The van der Waals surface area contributed by atoms with Crippen molar-refractivity contribution in [1.82, 2.24) is 9.46 Å². The second-order valence-electron chi connectivity index (χ2n) is 4.69. The third-order valence-corrected chi connectivity index (χ3v) is 4.58. The fraction of sp³-hybridized carbons (Fsp3) is 0.308. The maximum absolute atomic E-state index is 12.2. The molecule has 0 unspecified atom stereocenters. The summed E-state index contributed by atoms with van der Waals surface area (Å²) in [6, 6.07) is 8.77. The number of hydrogen-bond donors (Lipinski definition) is 1. The van der Waals surface area contributed by atoms with Gasteiger partial charge in [-0.2, -0.15) is 0 Å². The van der Waals surface area contributed by atoms with Crippen molar-refractivity contribution in [3.8, 4) is 0 Å². The summed E-state index contributed by atoms with van der Waals surface area (Å²) in [5.41, 5.74) is 7.54. The molecule has 2 N–H and O–H groups in total. The standard InChI is InChI=1S/C13H17N3O3S/c1-10-6-13(15-19-10)9-20(17,18)16(2)8-11-4-3-5-12(14)7-11/h3-7H,8-9,14H2,1-2H3. The molecule has 1 heterocycles. The quantitative estimate of drug-likeness (QED) is 0.845. The lowest BCUT2D eigenvalue weighted by molar-refractivity contribution is 0.391. The molecule has 7 heteroatoms. The van der Waals surface area contributed by atoms with Crippen molar-refractivity contribution in [3.05, 3.63) is 47.3 Å². The van der Waals surface area contributed by atoms with E-state index < -0.39 is 10.0 Å². The van der Waals surface area contributed by atoms with Crippen molar-refractivity contribution in [2.45, 2.75) is 19.2 Å². The van der Waals surface area contributed by atoms with Crippen LogP contribution >= 0.6 is 0 Å². The number of sulfonamides is 1. The van der Waals surface area contributed by atoms with Gasteiger partial charge < -0.3 is 10.3 Å². The van der Waals surface area contributed by atoms with Crippen LogP contribution in [-0.4, -0.2) is 24.9 Å². The highest BCUT2D eigenvalue weighted by Crippen LogP contribution is 2.14. The minimum absolute atomic E-state index is 0.177. The van der Waals surface area contributed by atoms with Crippen molar-refractivity contribution in [2.75, 3.05) is 12.8 Å². The molecule has 6 nitrogen and oxygen atoms in total. The van der Waals surface area contributed by atoms with Crippen molar-refractivity contribution in [3.63, 3.8) is 0 Å². The summed E-state index contributed by atoms with van der Waals surface area (Å²) in [6.07, 6.45) is 0. The summed E-state index contributed by atoms with van der Waals surface area (Å²) in [5, 5.41) is 3.70. The maximum atomic E-state index is 12.2. The van der Waals surface area contributed by atoms with E-state index in [1.165, 1.54) is 11.4 Å². The highest BCUT2D eigenvalue weighted by Gasteiger charge is 2.20. The number of benzene rings is 1. The molecule has 20 heavy (non-hydrogen) atoms. The summed E-state index contributed by atoms with van der Waals surface area (Å²) in [5.74, 6) is 0.414. The second-order valence-corrected chi connectivity index (χ2v) is 6.76. The monoisotopic (exact) mass is 295 g/mol. The number of nitrogens with two attached hydrogens (primary N) is 1. The summed E-state index contributed by atoms with van der Waals surface area (Å²) in [6.45, 7) is 1.99. The van der Waals surface area contributed by atoms with E-state index in [-0.39, 0.29) is 12.3 Å². The van der Waals surface area contributed by atoms with E-state index >= 15 is 0 Å². The first kappa shape index (κ1) is 14.5. The molecule has 1 aromatic heterocycles. The first-order valence-corrected chi connectivity index (χ1v) is 7.68. The Morgan fingerprint density at radius 3 is 2.70 bits per heavy atom. The van der Waals surface area contributed by atoms with Gasteiger partial charge in [0.15, 0.2) is 0 Å². The number of aryl methyl sites for hydroxylation is 1. The van der Waals surface area contributed by atoms with E-state index in [9.17, 15) is 8.42 Å². The molecule has 0 bridgehead atoms. The number of nitrogens with zero attached hydrogens (tertiary/aromatic N) is 2. The van der Waals surface area contributed by atoms with Crippen LogP contribution < -0.4 is 5.73 Å². The zero-order valence-electron chi connectivity index (χ0n) is 11.4. The third-order valence-electron chi connectivity index (χ3n) is 2.84. The van der Waals surface area contributed by atoms with Crippen molar-refractivity contribution >= 4 is 15.7 Å². The largest absolute Gasteiger partial charge is 0.399 e.